The zero-order valence-electron chi connectivity index (χ0n) is 14.3. The molecule has 1 heterocycles. The zero-order chi connectivity index (χ0) is 18.5. The van der Waals surface area contributed by atoms with E-state index in [1.54, 1.807) is 6.07 Å². The molecule has 0 aliphatic heterocycles. The van der Waals surface area contributed by atoms with E-state index in [1.165, 1.54) is 17.3 Å². The molecule has 0 atom stereocenters. The highest BCUT2D eigenvalue weighted by Crippen LogP contribution is 2.24. The van der Waals surface area contributed by atoms with Crippen LogP contribution in [0.3, 0.4) is 0 Å². The summed E-state index contributed by atoms with van der Waals surface area (Å²) >= 11 is 4.67. The van der Waals surface area contributed by atoms with Gasteiger partial charge in [0, 0.05) is 15.5 Å². The number of nitrogens with one attached hydrogen (secondary N) is 1. The van der Waals surface area contributed by atoms with Crippen LogP contribution in [0.2, 0.25) is 0 Å². The second-order valence-corrected chi connectivity index (χ2v) is 7.71. The Bertz CT molecular complexity index is 934. The molecule has 4 nitrogen and oxygen atoms in total. The van der Waals surface area contributed by atoms with Crippen molar-refractivity contribution in [2.75, 3.05) is 16.8 Å². The van der Waals surface area contributed by atoms with Crippen molar-refractivity contribution in [2.45, 2.75) is 13.3 Å². The molecule has 1 N–H and O–H groups in total. The Morgan fingerprint density at radius 2 is 1.85 bits per heavy atom. The molecular weight excluding hydrogens is 414 g/mol. The molecule has 1 aromatic heterocycles. The minimum absolute atomic E-state index is 0.123. The van der Waals surface area contributed by atoms with Crippen LogP contribution in [0.4, 0.5) is 5.69 Å². The third-order valence-electron chi connectivity index (χ3n) is 3.87. The molecule has 2 aromatic carbocycles. The molecule has 0 fully saturated rings. The summed E-state index contributed by atoms with van der Waals surface area (Å²) in [6.07, 6.45) is 0.963. The van der Waals surface area contributed by atoms with Crippen molar-refractivity contribution in [1.29, 1.82) is 0 Å². The highest BCUT2D eigenvalue weighted by atomic mass is 79.9. The van der Waals surface area contributed by atoms with E-state index in [1.807, 2.05) is 42.5 Å². The van der Waals surface area contributed by atoms with Crippen LogP contribution in [0.25, 0.3) is 11.0 Å². The van der Waals surface area contributed by atoms with E-state index >= 15 is 0 Å². The number of carbonyl (C=O) groups is 2. The second kappa shape index (κ2) is 8.56. The van der Waals surface area contributed by atoms with Crippen LogP contribution in [-0.2, 0) is 11.2 Å². The zero-order valence-corrected chi connectivity index (χ0v) is 16.7. The molecule has 0 aliphatic carbocycles. The van der Waals surface area contributed by atoms with Crippen LogP contribution in [0.15, 0.2) is 57.4 Å². The van der Waals surface area contributed by atoms with E-state index in [0.29, 0.717) is 11.3 Å². The first kappa shape index (κ1) is 18.7. The molecule has 6 heteroatoms. The number of ketones is 1. The fourth-order valence-electron chi connectivity index (χ4n) is 2.48. The fraction of sp³-hybridized carbons (Fsp3) is 0.200. The van der Waals surface area contributed by atoms with Gasteiger partial charge in [-0.2, -0.15) is 0 Å². The Balaban J connectivity index is 1.49. The third-order valence-corrected chi connectivity index (χ3v) is 5.29. The van der Waals surface area contributed by atoms with Gasteiger partial charge in [0.05, 0.1) is 11.5 Å². The average molecular weight is 432 g/mol. The molecule has 0 aliphatic rings. The van der Waals surface area contributed by atoms with Gasteiger partial charge < -0.3 is 9.73 Å². The predicted octanol–water partition coefficient (Wildman–Crippen LogP) is 5.31. The maximum absolute atomic E-state index is 12.3. The highest BCUT2D eigenvalue weighted by molar-refractivity contribution is 9.10. The molecular formula is C20H18BrNO3S. The van der Waals surface area contributed by atoms with Gasteiger partial charge in [-0.25, -0.2) is 0 Å². The summed E-state index contributed by atoms with van der Waals surface area (Å²) < 4.78 is 6.51. The summed E-state index contributed by atoms with van der Waals surface area (Å²) in [6.45, 7) is 2.09. The standard InChI is InChI=1S/C20H18BrNO3S/c1-2-13-3-6-16(7-4-13)22-20(24)12-26-11-17(23)19-10-14-9-15(21)5-8-18(14)25-19/h3-10H,2,11-12H2,1H3,(H,22,24). The van der Waals surface area contributed by atoms with Crippen LogP contribution in [0, 0.1) is 0 Å². The number of furan rings is 1. The summed E-state index contributed by atoms with van der Waals surface area (Å²) in [5, 5.41) is 3.71. The van der Waals surface area contributed by atoms with Gasteiger partial charge in [0.25, 0.3) is 0 Å². The van der Waals surface area contributed by atoms with Gasteiger partial charge in [0.2, 0.25) is 11.7 Å². The smallest absolute Gasteiger partial charge is 0.234 e. The number of aryl methyl sites for hydroxylation is 1. The van der Waals surface area contributed by atoms with Crippen LogP contribution in [0.1, 0.15) is 23.0 Å². The number of fused-ring (bicyclic) bond motifs is 1. The molecule has 26 heavy (non-hydrogen) atoms. The third kappa shape index (κ3) is 4.77. The monoisotopic (exact) mass is 431 g/mol. The molecule has 1 amide bonds. The average Bonchev–Trinajstić information content (AvgIpc) is 3.05. The first-order valence-electron chi connectivity index (χ1n) is 8.24. The van der Waals surface area contributed by atoms with Crippen molar-refractivity contribution >= 4 is 56.0 Å². The van der Waals surface area contributed by atoms with Crippen molar-refractivity contribution in [2.24, 2.45) is 0 Å². The van der Waals surface area contributed by atoms with Crippen molar-refractivity contribution in [3.63, 3.8) is 0 Å². The van der Waals surface area contributed by atoms with Gasteiger partial charge in [-0.05, 0) is 48.4 Å². The van der Waals surface area contributed by atoms with Crippen molar-refractivity contribution in [3.8, 4) is 0 Å². The Labute approximate surface area is 164 Å². The van der Waals surface area contributed by atoms with Crippen LogP contribution < -0.4 is 5.32 Å². The summed E-state index contributed by atoms with van der Waals surface area (Å²) in [5.74, 6) is 0.486. The van der Waals surface area contributed by atoms with Crippen molar-refractivity contribution < 1.29 is 14.0 Å². The first-order valence-corrected chi connectivity index (χ1v) is 10.2. The quantitative estimate of drug-likeness (QED) is 0.514. The Morgan fingerprint density at radius 1 is 1.08 bits per heavy atom. The van der Waals surface area contributed by atoms with Crippen LogP contribution in [-0.4, -0.2) is 23.2 Å². The minimum Gasteiger partial charge on any atom is -0.453 e. The summed E-state index contributed by atoms with van der Waals surface area (Å²) in [7, 11) is 0. The normalized spacial score (nSPS) is 10.8. The van der Waals surface area contributed by atoms with Gasteiger partial charge in [-0.15, -0.1) is 11.8 Å². The lowest BCUT2D eigenvalue weighted by Crippen LogP contribution is -2.15. The van der Waals surface area contributed by atoms with Gasteiger partial charge in [-0.3, -0.25) is 9.59 Å². The number of hydrogen-bond donors (Lipinski definition) is 1. The number of benzene rings is 2. The van der Waals surface area contributed by atoms with E-state index in [2.05, 4.69) is 28.2 Å². The van der Waals surface area contributed by atoms with E-state index in [-0.39, 0.29) is 23.2 Å². The Kier molecular flexibility index (Phi) is 6.16. The summed E-state index contributed by atoms with van der Waals surface area (Å²) in [4.78, 5) is 24.2. The lowest BCUT2D eigenvalue weighted by molar-refractivity contribution is -0.113. The molecule has 0 saturated heterocycles. The summed E-state index contributed by atoms with van der Waals surface area (Å²) in [6, 6.07) is 15.1. The molecule has 3 rings (SSSR count). The fourth-order valence-corrected chi connectivity index (χ4v) is 3.55. The Hall–Kier alpha value is -2.05. The largest absolute Gasteiger partial charge is 0.453 e. The predicted molar refractivity (Wildman–Crippen MR) is 110 cm³/mol. The van der Waals surface area contributed by atoms with Crippen LogP contribution >= 0.6 is 27.7 Å². The number of amides is 1. The second-order valence-electron chi connectivity index (χ2n) is 5.81. The van der Waals surface area contributed by atoms with Gasteiger partial charge >= 0.3 is 0 Å². The van der Waals surface area contributed by atoms with E-state index in [4.69, 9.17) is 4.42 Å². The van der Waals surface area contributed by atoms with Crippen molar-refractivity contribution in [3.05, 3.63) is 64.3 Å². The molecule has 134 valence electrons. The maximum Gasteiger partial charge on any atom is 0.234 e. The number of hydrogen-bond acceptors (Lipinski definition) is 4. The number of thioether (sulfide) groups is 1. The molecule has 3 aromatic rings. The molecule has 0 spiro atoms. The molecule has 0 unspecified atom stereocenters. The molecule has 0 saturated carbocycles. The summed E-state index contributed by atoms with van der Waals surface area (Å²) in [5.41, 5.74) is 2.66. The first-order chi connectivity index (χ1) is 12.5. The maximum atomic E-state index is 12.3. The highest BCUT2D eigenvalue weighted by Gasteiger charge is 2.13. The number of anilines is 1. The van der Waals surface area contributed by atoms with Crippen molar-refractivity contribution in [1.82, 2.24) is 0 Å². The number of Topliss-reactive ketones (excluding diaryl/α,β-unsaturated/α-hetero) is 1. The number of rotatable bonds is 7. The SMILES string of the molecule is CCc1ccc(NC(=O)CSCC(=O)c2cc3cc(Br)ccc3o2)cc1. The van der Waals surface area contributed by atoms with Crippen LogP contribution in [0.5, 0.6) is 0 Å². The molecule has 0 bridgehead atoms. The topological polar surface area (TPSA) is 59.3 Å². The van der Waals surface area contributed by atoms with Gasteiger partial charge in [-0.1, -0.05) is 35.0 Å². The van der Waals surface area contributed by atoms with Gasteiger partial charge in [0.15, 0.2) is 5.76 Å². The lowest BCUT2D eigenvalue weighted by Gasteiger charge is -2.05. The number of halogens is 1. The molecule has 0 radical (unpaired) electrons. The lowest BCUT2D eigenvalue weighted by atomic mass is 10.1. The van der Waals surface area contributed by atoms with E-state index in [0.717, 1.165) is 22.0 Å². The number of carbonyl (C=O) groups excluding carboxylic acids is 2. The Morgan fingerprint density at radius 3 is 2.58 bits per heavy atom. The van der Waals surface area contributed by atoms with E-state index < -0.39 is 0 Å². The minimum atomic E-state index is -0.124. The van der Waals surface area contributed by atoms with Gasteiger partial charge in [0.1, 0.15) is 5.58 Å². The van der Waals surface area contributed by atoms with E-state index in [9.17, 15) is 9.59 Å².